The van der Waals surface area contributed by atoms with Crippen LogP contribution < -0.4 is 5.32 Å². The summed E-state index contributed by atoms with van der Waals surface area (Å²) in [5.41, 5.74) is 0.704. The maximum Gasteiger partial charge on any atom is 0.471 e. The van der Waals surface area contributed by atoms with Crippen LogP contribution in [0.3, 0.4) is 0 Å². The smallest absolute Gasteiger partial charge is 0.419 e. The quantitative estimate of drug-likeness (QED) is 0.891. The highest BCUT2D eigenvalue weighted by molar-refractivity contribution is 5.90. The number of amides is 2. The fourth-order valence-electron chi connectivity index (χ4n) is 2.75. The molecule has 3 rings (SSSR count). The van der Waals surface area contributed by atoms with E-state index in [-0.39, 0.29) is 31.3 Å². The Balaban J connectivity index is 1.60. The zero-order valence-corrected chi connectivity index (χ0v) is 13.5. The molecule has 1 N–H and O–H groups in total. The van der Waals surface area contributed by atoms with Gasteiger partial charge in [0.2, 0.25) is 17.7 Å². The van der Waals surface area contributed by atoms with Crippen molar-refractivity contribution in [1.29, 1.82) is 0 Å². The third-order valence-corrected chi connectivity index (χ3v) is 3.96. The number of hydrogen-bond donors (Lipinski definition) is 1. The number of benzene rings is 1. The Morgan fingerprint density at radius 1 is 1.23 bits per heavy atom. The molecule has 1 fully saturated rings. The third kappa shape index (κ3) is 3.84. The highest BCUT2D eigenvalue weighted by Gasteiger charge is 2.47. The van der Waals surface area contributed by atoms with E-state index in [0.717, 1.165) is 0 Å². The maximum atomic E-state index is 12.6. The van der Waals surface area contributed by atoms with Crippen LogP contribution in [0.5, 0.6) is 0 Å². The Hall–Kier alpha value is -2.91. The van der Waals surface area contributed by atoms with E-state index in [1.54, 1.807) is 24.3 Å². The minimum absolute atomic E-state index is 0.102. The first-order chi connectivity index (χ1) is 12.4. The van der Waals surface area contributed by atoms with Crippen molar-refractivity contribution >= 4 is 11.8 Å². The van der Waals surface area contributed by atoms with Gasteiger partial charge in [0.05, 0.1) is 6.54 Å². The van der Waals surface area contributed by atoms with E-state index in [0.29, 0.717) is 16.9 Å². The molecule has 1 atom stereocenters. The van der Waals surface area contributed by atoms with E-state index >= 15 is 0 Å². The van der Waals surface area contributed by atoms with Gasteiger partial charge in [-0.05, 0) is 25.0 Å². The highest BCUT2D eigenvalue weighted by Crippen LogP contribution is 2.25. The van der Waals surface area contributed by atoms with Crippen molar-refractivity contribution in [1.82, 2.24) is 20.4 Å². The van der Waals surface area contributed by atoms with Crippen molar-refractivity contribution in [2.24, 2.45) is 0 Å². The van der Waals surface area contributed by atoms with E-state index in [9.17, 15) is 22.8 Å². The number of hydrogen-bond acceptors (Lipinski definition) is 5. The summed E-state index contributed by atoms with van der Waals surface area (Å²) in [5.74, 6) is -2.30. The van der Waals surface area contributed by atoms with Crippen LogP contribution in [-0.2, 0) is 16.1 Å². The molecule has 1 aromatic carbocycles. The molecule has 7 nitrogen and oxygen atoms in total. The molecule has 0 spiro atoms. The van der Waals surface area contributed by atoms with Gasteiger partial charge >= 0.3 is 12.1 Å². The monoisotopic (exact) mass is 368 g/mol. The van der Waals surface area contributed by atoms with Crippen molar-refractivity contribution in [3.05, 3.63) is 36.2 Å². The Morgan fingerprint density at radius 3 is 2.65 bits per heavy atom. The maximum absolute atomic E-state index is 12.6. The van der Waals surface area contributed by atoms with E-state index in [1.807, 2.05) is 6.07 Å². The zero-order valence-electron chi connectivity index (χ0n) is 13.5. The number of likely N-dealkylation sites (tertiary alicyclic amines) is 1. The van der Waals surface area contributed by atoms with Crippen molar-refractivity contribution in [2.45, 2.75) is 31.6 Å². The number of nitrogens with one attached hydrogen (secondary N) is 1. The fourth-order valence-corrected chi connectivity index (χ4v) is 2.75. The van der Waals surface area contributed by atoms with Crippen molar-refractivity contribution in [3.63, 3.8) is 0 Å². The Morgan fingerprint density at radius 2 is 1.96 bits per heavy atom. The molecule has 10 heteroatoms. The number of aromatic nitrogens is 2. The standard InChI is InChI=1S/C16H15F3N4O3/c17-16(18,19)15(25)23-8-4-7-11(23)13(24)20-9-12-21-22-14(26-12)10-5-2-1-3-6-10/h1-3,5-6,11H,4,7-9H2,(H,20,24). The predicted molar refractivity (Wildman–Crippen MR) is 82.4 cm³/mol. The summed E-state index contributed by atoms with van der Waals surface area (Å²) in [6.07, 6.45) is -4.49. The van der Waals surface area contributed by atoms with Crippen molar-refractivity contribution in [2.75, 3.05) is 6.54 Å². The summed E-state index contributed by atoms with van der Waals surface area (Å²) < 4.78 is 43.2. The van der Waals surface area contributed by atoms with Crippen LogP contribution in [-0.4, -0.2) is 45.7 Å². The predicted octanol–water partition coefficient (Wildman–Crippen LogP) is 1.91. The first-order valence-corrected chi connectivity index (χ1v) is 7.89. The van der Waals surface area contributed by atoms with Gasteiger partial charge in [0.25, 0.3) is 0 Å². The number of nitrogens with zero attached hydrogens (tertiary/aromatic N) is 3. The van der Waals surface area contributed by atoms with Gasteiger partial charge in [0.15, 0.2) is 0 Å². The van der Waals surface area contributed by atoms with Gasteiger partial charge in [-0.2, -0.15) is 13.2 Å². The summed E-state index contributed by atoms with van der Waals surface area (Å²) in [5, 5.41) is 10.1. The van der Waals surface area contributed by atoms with E-state index in [4.69, 9.17) is 4.42 Å². The lowest BCUT2D eigenvalue weighted by Gasteiger charge is -2.24. The van der Waals surface area contributed by atoms with E-state index < -0.39 is 24.0 Å². The largest absolute Gasteiger partial charge is 0.471 e. The van der Waals surface area contributed by atoms with Crippen LogP contribution in [0.15, 0.2) is 34.7 Å². The lowest BCUT2D eigenvalue weighted by molar-refractivity contribution is -0.186. The first-order valence-electron chi connectivity index (χ1n) is 7.89. The molecule has 2 heterocycles. The van der Waals surface area contributed by atoms with Gasteiger partial charge in [-0.15, -0.1) is 10.2 Å². The van der Waals surface area contributed by atoms with Crippen molar-refractivity contribution in [3.8, 4) is 11.5 Å². The molecular weight excluding hydrogens is 353 g/mol. The molecule has 0 radical (unpaired) electrons. The molecule has 26 heavy (non-hydrogen) atoms. The second-order valence-corrected chi connectivity index (χ2v) is 5.74. The number of alkyl halides is 3. The molecule has 138 valence electrons. The molecule has 0 bridgehead atoms. The highest BCUT2D eigenvalue weighted by atomic mass is 19.4. The molecule has 2 aromatic rings. The van der Waals surface area contributed by atoms with E-state index in [2.05, 4.69) is 15.5 Å². The molecule has 1 aliphatic rings. The molecular formula is C16H15F3N4O3. The van der Waals surface area contributed by atoms with Crippen LogP contribution in [0.1, 0.15) is 18.7 Å². The number of rotatable bonds is 4. The molecule has 1 aliphatic heterocycles. The minimum Gasteiger partial charge on any atom is -0.419 e. The SMILES string of the molecule is O=C(NCc1nnc(-c2ccccc2)o1)C1CCCN1C(=O)C(F)(F)F. The third-order valence-electron chi connectivity index (χ3n) is 3.96. The van der Waals surface area contributed by atoms with Gasteiger partial charge in [0.1, 0.15) is 6.04 Å². The number of carbonyl (C=O) groups excluding carboxylic acids is 2. The Labute approximate surface area is 146 Å². The second kappa shape index (κ2) is 7.14. The lowest BCUT2D eigenvalue weighted by Crippen LogP contribution is -2.50. The average molecular weight is 368 g/mol. The molecule has 0 saturated carbocycles. The van der Waals surface area contributed by atoms with Gasteiger partial charge in [-0.3, -0.25) is 9.59 Å². The Kier molecular flexibility index (Phi) is 4.92. The summed E-state index contributed by atoms with van der Waals surface area (Å²) >= 11 is 0. The van der Waals surface area contributed by atoms with Crippen LogP contribution >= 0.6 is 0 Å². The zero-order chi connectivity index (χ0) is 18.7. The van der Waals surface area contributed by atoms with Crippen molar-refractivity contribution < 1.29 is 27.2 Å². The topological polar surface area (TPSA) is 88.3 Å². The summed E-state index contributed by atoms with van der Waals surface area (Å²) in [6.45, 7) is -0.238. The molecule has 2 amide bonds. The summed E-state index contributed by atoms with van der Waals surface area (Å²) in [6, 6.07) is 7.82. The molecule has 1 unspecified atom stereocenters. The fraction of sp³-hybridized carbons (Fsp3) is 0.375. The first kappa shape index (κ1) is 17.9. The average Bonchev–Trinajstić information content (AvgIpc) is 3.28. The molecule has 1 saturated heterocycles. The van der Waals surface area contributed by atoms with E-state index in [1.165, 1.54) is 0 Å². The van der Waals surface area contributed by atoms with Crippen LogP contribution in [0, 0.1) is 0 Å². The second-order valence-electron chi connectivity index (χ2n) is 5.74. The van der Waals surface area contributed by atoms with Gasteiger partial charge < -0.3 is 14.6 Å². The molecule has 0 aliphatic carbocycles. The van der Waals surface area contributed by atoms with Gasteiger partial charge in [-0.25, -0.2) is 0 Å². The van der Waals surface area contributed by atoms with Crippen LogP contribution in [0.4, 0.5) is 13.2 Å². The lowest BCUT2D eigenvalue weighted by atomic mass is 10.2. The summed E-state index contributed by atoms with van der Waals surface area (Å²) in [4.78, 5) is 24.1. The number of carbonyl (C=O) groups is 2. The van der Waals surface area contributed by atoms with Crippen LogP contribution in [0.2, 0.25) is 0 Å². The van der Waals surface area contributed by atoms with Gasteiger partial charge in [0, 0.05) is 12.1 Å². The normalized spacial score (nSPS) is 17.3. The molecule has 1 aromatic heterocycles. The van der Waals surface area contributed by atoms with Gasteiger partial charge in [-0.1, -0.05) is 18.2 Å². The minimum atomic E-state index is -5.00. The summed E-state index contributed by atoms with van der Waals surface area (Å²) in [7, 11) is 0. The number of halogens is 3. The Bertz CT molecular complexity index is 792. The van der Waals surface area contributed by atoms with Crippen LogP contribution in [0.25, 0.3) is 11.5 Å².